The van der Waals surface area contributed by atoms with E-state index in [0.717, 1.165) is 16.3 Å². The van der Waals surface area contributed by atoms with Gasteiger partial charge in [-0.15, -0.1) is 11.3 Å². The molecular formula is C15H19N3OS. The summed E-state index contributed by atoms with van der Waals surface area (Å²) in [6.07, 6.45) is 2.10. The number of carbonyl (C=O) groups excluding carboxylic acids is 1. The molecule has 2 aromatic rings. The average Bonchev–Trinajstić information content (AvgIpc) is 2.92. The molecule has 3 N–H and O–H groups in total. The molecule has 4 nitrogen and oxygen atoms in total. The van der Waals surface area contributed by atoms with E-state index in [9.17, 15) is 4.79 Å². The van der Waals surface area contributed by atoms with Crippen LogP contribution in [0.15, 0.2) is 35.8 Å². The van der Waals surface area contributed by atoms with Gasteiger partial charge in [0.15, 0.2) is 0 Å². The first-order chi connectivity index (χ1) is 9.56. The van der Waals surface area contributed by atoms with E-state index in [1.165, 1.54) is 0 Å². The summed E-state index contributed by atoms with van der Waals surface area (Å²) in [7, 11) is 0. The molecule has 106 valence electrons. The zero-order valence-electron chi connectivity index (χ0n) is 11.7. The summed E-state index contributed by atoms with van der Waals surface area (Å²) in [4.78, 5) is 16.2. The van der Waals surface area contributed by atoms with E-state index in [-0.39, 0.29) is 11.9 Å². The Bertz CT molecular complexity index is 566. The van der Waals surface area contributed by atoms with Crippen molar-refractivity contribution in [2.75, 3.05) is 5.32 Å². The molecule has 0 fully saturated rings. The van der Waals surface area contributed by atoms with Gasteiger partial charge in [0.05, 0.1) is 0 Å². The van der Waals surface area contributed by atoms with Crippen LogP contribution in [0.25, 0.3) is 10.6 Å². The number of thiazole rings is 1. The van der Waals surface area contributed by atoms with Crippen LogP contribution in [-0.2, 0) is 4.79 Å². The minimum Gasteiger partial charge on any atom is -0.327 e. The minimum absolute atomic E-state index is 0.0533. The van der Waals surface area contributed by atoms with E-state index < -0.39 is 0 Å². The standard InChI is InChI=1S/C15H19N3OS/c1-10(2)13(16)9-14(19)18-12-5-3-4-11(8-12)15-17-6-7-20-15/h3-8,10,13H,9,16H2,1-2H3,(H,18,19). The summed E-state index contributed by atoms with van der Waals surface area (Å²) < 4.78 is 0. The Balaban J connectivity index is 2.03. The molecular weight excluding hydrogens is 270 g/mol. The third kappa shape index (κ3) is 3.88. The van der Waals surface area contributed by atoms with Crippen molar-refractivity contribution < 1.29 is 4.79 Å². The molecule has 1 amide bonds. The molecule has 1 aromatic heterocycles. The fourth-order valence-electron chi connectivity index (χ4n) is 1.76. The second-order valence-corrected chi connectivity index (χ2v) is 5.97. The number of rotatable bonds is 5. The molecule has 0 aliphatic rings. The molecule has 0 radical (unpaired) electrons. The van der Waals surface area contributed by atoms with E-state index in [2.05, 4.69) is 10.3 Å². The van der Waals surface area contributed by atoms with Crippen LogP contribution in [0.1, 0.15) is 20.3 Å². The molecule has 0 aliphatic heterocycles. The van der Waals surface area contributed by atoms with E-state index >= 15 is 0 Å². The fourth-order valence-corrected chi connectivity index (χ4v) is 2.39. The fraction of sp³-hybridized carbons (Fsp3) is 0.333. The maximum atomic E-state index is 11.9. The molecule has 0 bridgehead atoms. The number of aromatic nitrogens is 1. The Morgan fingerprint density at radius 2 is 2.25 bits per heavy atom. The number of hydrogen-bond acceptors (Lipinski definition) is 4. The van der Waals surface area contributed by atoms with E-state index in [0.29, 0.717) is 12.3 Å². The van der Waals surface area contributed by atoms with Crippen LogP contribution in [0.4, 0.5) is 5.69 Å². The molecule has 1 aromatic carbocycles. The van der Waals surface area contributed by atoms with Crippen molar-refractivity contribution >= 4 is 22.9 Å². The lowest BCUT2D eigenvalue weighted by Gasteiger charge is -2.15. The van der Waals surface area contributed by atoms with Gasteiger partial charge in [-0.2, -0.15) is 0 Å². The number of hydrogen-bond donors (Lipinski definition) is 2. The van der Waals surface area contributed by atoms with Crippen molar-refractivity contribution in [3.05, 3.63) is 35.8 Å². The summed E-state index contributed by atoms with van der Waals surface area (Å²) in [6, 6.07) is 7.58. The Morgan fingerprint density at radius 1 is 1.45 bits per heavy atom. The Morgan fingerprint density at radius 3 is 2.90 bits per heavy atom. The van der Waals surface area contributed by atoms with Crippen molar-refractivity contribution in [1.29, 1.82) is 0 Å². The molecule has 1 unspecified atom stereocenters. The molecule has 5 heteroatoms. The second-order valence-electron chi connectivity index (χ2n) is 5.08. The van der Waals surface area contributed by atoms with Crippen molar-refractivity contribution in [2.45, 2.75) is 26.3 Å². The van der Waals surface area contributed by atoms with E-state index in [4.69, 9.17) is 5.73 Å². The van der Waals surface area contributed by atoms with Crippen LogP contribution in [0.2, 0.25) is 0 Å². The van der Waals surface area contributed by atoms with Gasteiger partial charge in [-0.1, -0.05) is 26.0 Å². The highest BCUT2D eigenvalue weighted by molar-refractivity contribution is 7.13. The van der Waals surface area contributed by atoms with Crippen LogP contribution in [0.3, 0.4) is 0 Å². The van der Waals surface area contributed by atoms with Crippen LogP contribution in [0, 0.1) is 5.92 Å². The lowest BCUT2D eigenvalue weighted by Crippen LogP contribution is -2.31. The average molecular weight is 289 g/mol. The first kappa shape index (κ1) is 14.7. The minimum atomic E-state index is -0.114. The molecule has 20 heavy (non-hydrogen) atoms. The van der Waals surface area contributed by atoms with Crippen molar-refractivity contribution in [1.82, 2.24) is 4.98 Å². The number of nitrogens with one attached hydrogen (secondary N) is 1. The van der Waals surface area contributed by atoms with Crippen molar-refractivity contribution in [3.8, 4) is 10.6 Å². The Labute approximate surface area is 123 Å². The lowest BCUT2D eigenvalue weighted by atomic mass is 10.0. The molecule has 1 heterocycles. The Kier molecular flexibility index (Phi) is 4.87. The monoisotopic (exact) mass is 289 g/mol. The van der Waals surface area contributed by atoms with Gasteiger partial charge in [-0.05, 0) is 18.1 Å². The quantitative estimate of drug-likeness (QED) is 0.888. The highest BCUT2D eigenvalue weighted by Crippen LogP contribution is 2.24. The lowest BCUT2D eigenvalue weighted by molar-refractivity contribution is -0.116. The molecule has 2 rings (SSSR count). The molecule has 1 atom stereocenters. The number of benzene rings is 1. The maximum absolute atomic E-state index is 11.9. The summed E-state index contributed by atoms with van der Waals surface area (Å²) >= 11 is 1.57. The topological polar surface area (TPSA) is 68.0 Å². The SMILES string of the molecule is CC(C)C(N)CC(=O)Nc1cccc(-c2nccs2)c1. The Hall–Kier alpha value is -1.72. The predicted octanol–water partition coefficient (Wildman–Crippen LogP) is 3.12. The highest BCUT2D eigenvalue weighted by atomic mass is 32.1. The summed E-state index contributed by atoms with van der Waals surface area (Å²) in [5, 5.41) is 5.77. The second kappa shape index (κ2) is 6.63. The van der Waals surface area contributed by atoms with Gasteiger partial charge >= 0.3 is 0 Å². The predicted molar refractivity (Wildman–Crippen MR) is 83.6 cm³/mol. The van der Waals surface area contributed by atoms with E-state index in [1.54, 1.807) is 17.5 Å². The summed E-state index contributed by atoms with van der Waals surface area (Å²) in [6.45, 7) is 4.03. The molecule has 0 saturated carbocycles. The van der Waals surface area contributed by atoms with Crippen molar-refractivity contribution in [2.24, 2.45) is 11.7 Å². The van der Waals surface area contributed by atoms with Gasteiger partial charge in [0.2, 0.25) is 5.91 Å². The van der Waals surface area contributed by atoms with Crippen molar-refractivity contribution in [3.63, 3.8) is 0 Å². The van der Waals surface area contributed by atoms with Crippen LogP contribution in [-0.4, -0.2) is 16.9 Å². The number of amides is 1. The third-order valence-electron chi connectivity index (χ3n) is 3.10. The van der Waals surface area contributed by atoms with Crippen LogP contribution < -0.4 is 11.1 Å². The largest absolute Gasteiger partial charge is 0.327 e. The third-order valence-corrected chi connectivity index (χ3v) is 3.93. The number of nitrogens with zero attached hydrogens (tertiary/aromatic N) is 1. The highest BCUT2D eigenvalue weighted by Gasteiger charge is 2.13. The number of anilines is 1. The van der Waals surface area contributed by atoms with E-state index in [1.807, 2.05) is 43.5 Å². The van der Waals surface area contributed by atoms with Crippen LogP contribution in [0.5, 0.6) is 0 Å². The summed E-state index contributed by atoms with van der Waals surface area (Å²) in [5.74, 6) is 0.241. The molecule has 0 aliphatic carbocycles. The van der Waals surface area contributed by atoms with Crippen LogP contribution >= 0.6 is 11.3 Å². The first-order valence-electron chi connectivity index (χ1n) is 6.61. The van der Waals surface area contributed by atoms with Gasteiger partial charge in [-0.25, -0.2) is 4.98 Å². The molecule has 0 saturated heterocycles. The van der Waals surface area contributed by atoms with Gasteiger partial charge < -0.3 is 11.1 Å². The zero-order chi connectivity index (χ0) is 14.5. The van der Waals surface area contributed by atoms with Gasteiger partial charge in [-0.3, -0.25) is 4.79 Å². The molecule has 0 spiro atoms. The van der Waals surface area contributed by atoms with Gasteiger partial charge in [0.1, 0.15) is 5.01 Å². The summed E-state index contributed by atoms with van der Waals surface area (Å²) in [5.41, 5.74) is 7.69. The smallest absolute Gasteiger partial charge is 0.225 e. The number of carbonyl (C=O) groups is 1. The maximum Gasteiger partial charge on any atom is 0.225 e. The van der Waals surface area contributed by atoms with Gasteiger partial charge in [0.25, 0.3) is 0 Å². The first-order valence-corrected chi connectivity index (χ1v) is 7.49. The number of nitrogens with two attached hydrogens (primary N) is 1. The van der Waals surface area contributed by atoms with Gasteiger partial charge in [0, 0.05) is 35.3 Å². The zero-order valence-corrected chi connectivity index (χ0v) is 12.5. The normalized spacial score (nSPS) is 12.4.